The minimum Gasteiger partial charge on any atom is -0.493 e. The van der Waals surface area contributed by atoms with Crippen LogP contribution in [-0.4, -0.2) is 45.3 Å². The molecule has 0 spiro atoms. The number of methoxy groups -OCH3 is 2. The van der Waals surface area contributed by atoms with Gasteiger partial charge < -0.3 is 24.4 Å². The van der Waals surface area contributed by atoms with E-state index in [0.717, 1.165) is 5.56 Å². The van der Waals surface area contributed by atoms with Crippen LogP contribution in [0.2, 0.25) is 0 Å². The molecule has 6 nitrogen and oxygen atoms in total. The van der Waals surface area contributed by atoms with Gasteiger partial charge in [-0.2, -0.15) is 0 Å². The molecule has 2 aromatic carbocycles. The van der Waals surface area contributed by atoms with Gasteiger partial charge in [0.1, 0.15) is 18.2 Å². The lowest BCUT2D eigenvalue weighted by Crippen LogP contribution is -2.39. The molecular weight excluding hydrogens is 339 g/mol. The highest BCUT2D eigenvalue weighted by Gasteiger charge is 2.12. The lowest BCUT2D eigenvalue weighted by atomic mass is 10.2. The first-order chi connectivity index (χ1) is 12.5. The molecule has 0 heterocycles. The number of amides is 2. The number of benzene rings is 2. The number of likely N-dealkylation sites (N-methyl/N-ethyl adjacent to an activating group) is 1. The maximum atomic E-state index is 12.8. The van der Waals surface area contributed by atoms with Crippen LogP contribution in [0, 0.1) is 5.82 Å². The minimum absolute atomic E-state index is 0.238. The summed E-state index contributed by atoms with van der Waals surface area (Å²) in [6.07, 6.45) is 0. The molecule has 2 aromatic rings. The van der Waals surface area contributed by atoms with E-state index in [0.29, 0.717) is 36.9 Å². The SMILES string of the molecule is COc1cccc(CNC(=O)N(C)CCOc2ccc(F)cc2)c1OC. The van der Waals surface area contributed by atoms with Crippen molar-refractivity contribution in [3.8, 4) is 17.2 Å². The van der Waals surface area contributed by atoms with Gasteiger partial charge in [-0.05, 0) is 30.3 Å². The van der Waals surface area contributed by atoms with Crippen molar-refractivity contribution < 1.29 is 23.4 Å². The van der Waals surface area contributed by atoms with Crippen LogP contribution in [0.5, 0.6) is 17.2 Å². The number of carbonyl (C=O) groups excluding carboxylic acids is 1. The van der Waals surface area contributed by atoms with Gasteiger partial charge in [0, 0.05) is 19.2 Å². The third-order valence-corrected chi connectivity index (χ3v) is 3.77. The third kappa shape index (κ3) is 5.27. The highest BCUT2D eigenvalue weighted by Crippen LogP contribution is 2.30. The molecule has 0 radical (unpaired) electrons. The first-order valence-electron chi connectivity index (χ1n) is 8.12. The van der Waals surface area contributed by atoms with E-state index in [1.165, 1.54) is 17.0 Å². The maximum absolute atomic E-state index is 12.8. The number of urea groups is 1. The first-order valence-corrected chi connectivity index (χ1v) is 8.12. The van der Waals surface area contributed by atoms with E-state index >= 15 is 0 Å². The Labute approximate surface area is 152 Å². The molecule has 0 saturated heterocycles. The second-order valence-electron chi connectivity index (χ2n) is 5.54. The lowest BCUT2D eigenvalue weighted by molar-refractivity contribution is 0.195. The van der Waals surface area contributed by atoms with E-state index in [-0.39, 0.29) is 11.8 Å². The zero-order chi connectivity index (χ0) is 18.9. The number of nitrogens with one attached hydrogen (secondary N) is 1. The number of hydrogen-bond acceptors (Lipinski definition) is 4. The van der Waals surface area contributed by atoms with Crippen LogP contribution in [0.25, 0.3) is 0 Å². The summed E-state index contributed by atoms with van der Waals surface area (Å²) in [4.78, 5) is 13.7. The van der Waals surface area contributed by atoms with Gasteiger partial charge in [0.2, 0.25) is 0 Å². The van der Waals surface area contributed by atoms with Gasteiger partial charge in [0.25, 0.3) is 0 Å². The fraction of sp³-hybridized carbons (Fsp3) is 0.316. The molecule has 7 heteroatoms. The van der Waals surface area contributed by atoms with E-state index < -0.39 is 0 Å². The Morgan fingerprint density at radius 2 is 1.85 bits per heavy atom. The minimum atomic E-state index is -0.318. The third-order valence-electron chi connectivity index (χ3n) is 3.77. The molecule has 0 bridgehead atoms. The van der Waals surface area contributed by atoms with Crippen LogP contribution in [0.15, 0.2) is 42.5 Å². The summed E-state index contributed by atoms with van der Waals surface area (Å²) in [5, 5.41) is 2.83. The Morgan fingerprint density at radius 3 is 2.50 bits per heavy atom. The molecule has 1 N–H and O–H groups in total. The van der Waals surface area contributed by atoms with Gasteiger partial charge >= 0.3 is 6.03 Å². The summed E-state index contributed by atoms with van der Waals surface area (Å²) in [6, 6.07) is 11.0. The number of para-hydroxylation sites is 1. The van der Waals surface area contributed by atoms with Crippen molar-refractivity contribution in [2.75, 3.05) is 34.4 Å². The van der Waals surface area contributed by atoms with E-state index in [1.54, 1.807) is 39.5 Å². The van der Waals surface area contributed by atoms with Crippen LogP contribution in [0.1, 0.15) is 5.56 Å². The highest BCUT2D eigenvalue weighted by atomic mass is 19.1. The molecule has 0 unspecified atom stereocenters. The monoisotopic (exact) mass is 362 g/mol. The average Bonchev–Trinajstić information content (AvgIpc) is 2.66. The number of carbonyl (C=O) groups is 1. The van der Waals surface area contributed by atoms with Crippen molar-refractivity contribution >= 4 is 6.03 Å². The Balaban J connectivity index is 1.81. The summed E-state index contributed by atoms with van der Waals surface area (Å²) in [7, 11) is 4.80. The van der Waals surface area contributed by atoms with E-state index in [4.69, 9.17) is 14.2 Å². The highest BCUT2D eigenvalue weighted by molar-refractivity contribution is 5.74. The molecule has 26 heavy (non-hydrogen) atoms. The Kier molecular flexibility index (Phi) is 7.08. The molecule has 0 fully saturated rings. The van der Waals surface area contributed by atoms with Crippen molar-refractivity contribution in [3.05, 3.63) is 53.8 Å². The molecule has 2 rings (SSSR count). The summed E-state index contributed by atoms with van der Waals surface area (Å²) < 4.78 is 28.9. The zero-order valence-electron chi connectivity index (χ0n) is 15.1. The number of nitrogens with zero attached hydrogens (tertiary/aromatic N) is 1. The summed E-state index contributed by atoms with van der Waals surface area (Å²) in [6.45, 7) is 0.999. The first kappa shape index (κ1) is 19.4. The van der Waals surface area contributed by atoms with Crippen LogP contribution >= 0.6 is 0 Å². The maximum Gasteiger partial charge on any atom is 0.317 e. The molecule has 0 saturated carbocycles. The van der Waals surface area contributed by atoms with Crippen molar-refractivity contribution in [1.29, 1.82) is 0 Å². The average molecular weight is 362 g/mol. The van der Waals surface area contributed by atoms with Gasteiger partial charge in [-0.3, -0.25) is 0 Å². The predicted octanol–water partition coefficient (Wildman–Crippen LogP) is 3.06. The quantitative estimate of drug-likeness (QED) is 0.784. The molecule has 0 atom stereocenters. The summed E-state index contributed by atoms with van der Waals surface area (Å²) in [5.74, 6) is 1.45. The smallest absolute Gasteiger partial charge is 0.317 e. The number of rotatable bonds is 8. The van der Waals surface area contributed by atoms with Crippen LogP contribution < -0.4 is 19.5 Å². The molecule has 0 aliphatic heterocycles. The fourth-order valence-electron chi connectivity index (χ4n) is 2.33. The van der Waals surface area contributed by atoms with Gasteiger partial charge in [-0.25, -0.2) is 9.18 Å². The molecule has 140 valence electrons. The molecule has 0 aliphatic rings. The number of ether oxygens (including phenoxy) is 3. The second-order valence-corrected chi connectivity index (χ2v) is 5.54. The second kappa shape index (κ2) is 9.50. The van der Waals surface area contributed by atoms with E-state index in [1.807, 2.05) is 12.1 Å². The molecule has 2 amide bonds. The normalized spacial score (nSPS) is 10.2. The van der Waals surface area contributed by atoms with Crippen LogP contribution in [0.4, 0.5) is 9.18 Å². The van der Waals surface area contributed by atoms with Gasteiger partial charge in [-0.15, -0.1) is 0 Å². The Morgan fingerprint density at radius 1 is 1.12 bits per heavy atom. The fourth-order valence-corrected chi connectivity index (χ4v) is 2.33. The number of halogens is 1. The standard InChI is InChI=1S/C19H23FN2O4/c1-22(11-12-26-16-9-7-15(20)8-10-16)19(23)21-13-14-5-4-6-17(24-2)18(14)25-3/h4-10H,11-13H2,1-3H3,(H,21,23). The van der Waals surface area contributed by atoms with Crippen LogP contribution in [-0.2, 0) is 6.54 Å². The summed E-state index contributed by atoms with van der Waals surface area (Å²) in [5.41, 5.74) is 0.816. The van der Waals surface area contributed by atoms with Gasteiger partial charge in [0.05, 0.1) is 20.8 Å². The predicted molar refractivity (Wildman–Crippen MR) is 96.3 cm³/mol. The largest absolute Gasteiger partial charge is 0.493 e. The Hall–Kier alpha value is -2.96. The van der Waals surface area contributed by atoms with E-state index in [9.17, 15) is 9.18 Å². The number of hydrogen-bond donors (Lipinski definition) is 1. The van der Waals surface area contributed by atoms with E-state index in [2.05, 4.69) is 5.32 Å². The summed E-state index contributed by atoms with van der Waals surface area (Å²) >= 11 is 0. The van der Waals surface area contributed by atoms with Crippen LogP contribution in [0.3, 0.4) is 0 Å². The van der Waals surface area contributed by atoms with Gasteiger partial charge in [0.15, 0.2) is 11.5 Å². The van der Waals surface area contributed by atoms with Gasteiger partial charge in [-0.1, -0.05) is 12.1 Å². The van der Waals surface area contributed by atoms with Crippen molar-refractivity contribution in [2.45, 2.75) is 6.54 Å². The van der Waals surface area contributed by atoms with Crippen molar-refractivity contribution in [1.82, 2.24) is 10.2 Å². The molecule has 0 aromatic heterocycles. The topological polar surface area (TPSA) is 60.0 Å². The Bertz CT molecular complexity index is 722. The molecule has 0 aliphatic carbocycles. The molecular formula is C19H23FN2O4. The van der Waals surface area contributed by atoms with Crippen molar-refractivity contribution in [3.63, 3.8) is 0 Å². The van der Waals surface area contributed by atoms with Crippen molar-refractivity contribution in [2.24, 2.45) is 0 Å². The zero-order valence-corrected chi connectivity index (χ0v) is 15.1. The lowest BCUT2D eigenvalue weighted by Gasteiger charge is -2.19.